The third-order valence-electron chi connectivity index (χ3n) is 4.92. The van der Waals surface area contributed by atoms with Crippen LogP contribution in [0.4, 0.5) is 0 Å². The Bertz CT molecular complexity index is 613. The molecule has 5 nitrogen and oxygen atoms in total. The lowest BCUT2D eigenvalue weighted by atomic mass is 9.88. The maximum Gasteiger partial charge on any atom is 0.237 e. The number of benzene rings is 1. The van der Waals surface area contributed by atoms with E-state index in [0.29, 0.717) is 18.9 Å². The van der Waals surface area contributed by atoms with E-state index in [9.17, 15) is 9.59 Å². The topological polar surface area (TPSA) is 58.6 Å². The molecule has 1 aromatic rings. The molecule has 2 amide bonds. The first-order valence-corrected chi connectivity index (χ1v) is 9.05. The Balaban J connectivity index is 1.91. The van der Waals surface area contributed by atoms with Gasteiger partial charge in [0.1, 0.15) is 11.2 Å². The minimum Gasteiger partial charge on any atom is -0.496 e. The van der Waals surface area contributed by atoms with Crippen LogP contribution in [-0.2, 0) is 16.0 Å². The third-order valence-corrected chi connectivity index (χ3v) is 4.92. The summed E-state index contributed by atoms with van der Waals surface area (Å²) in [4.78, 5) is 27.2. The first-order chi connectivity index (χ1) is 11.9. The summed E-state index contributed by atoms with van der Waals surface area (Å²) < 4.78 is 5.32. The van der Waals surface area contributed by atoms with Crippen LogP contribution in [0.25, 0.3) is 0 Å². The highest BCUT2D eigenvalue weighted by atomic mass is 16.5. The lowest BCUT2D eigenvalue weighted by Gasteiger charge is -2.36. The molecule has 1 saturated heterocycles. The molecule has 5 heteroatoms. The van der Waals surface area contributed by atoms with Crippen LogP contribution in [0.1, 0.15) is 39.2 Å². The van der Waals surface area contributed by atoms with Crippen molar-refractivity contribution in [1.29, 1.82) is 0 Å². The van der Waals surface area contributed by atoms with E-state index < -0.39 is 5.41 Å². The zero-order valence-corrected chi connectivity index (χ0v) is 15.8. The summed E-state index contributed by atoms with van der Waals surface area (Å²) in [6, 6.07) is 7.76. The number of hydrogen-bond acceptors (Lipinski definition) is 3. The van der Waals surface area contributed by atoms with Crippen molar-refractivity contribution in [3.63, 3.8) is 0 Å². The van der Waals surface area contributed by atoms with Crippen molar-refractivity contribution in [3.8, 4) is 5.75 Å². The minimum absolute atomic E-state index is 0.0751. The second-order valence-corrected chi connectivity index (χ2v) is 7.44. The molecule has 1 unspecified atom stereocenters. The fourth-order valence-electron chi connectivity index (χ4n) is 3.31. The smallest absolute Gasteiger partial charge is 0.237 e. The Kier molecular flexibility index (Phi) is 6.45. The van der Waals surface area contributed by atoms with Crippen molar-refractivity contribution >= 4 is 11.8 Å². The van der Waals surface area contributed by atoms with Crippen molar-refractivity contribution in [2.45, 2.75) is 40.0 Å². The number of ether oxygens (including phenoxy) is 1. The van der Waals surface area contributed by atoms with Crippen LogP contribution < -0.4 is 10.1 Å². The molecule has 1 aliphatic rings. The highest BCUT2D eigenvalue weighted by molar-refractivity contribution is 6.04. The number of piperidine rings is 1. The largest absolute Gasteiger partial charge is 0.496 e. The number of carbonyl (C=O) groups excluding carboxylic acids is 2. The molecule has 1 heterocycles. The van der Waals surface area contributed by atoms with E-state index in [4.69, 9.17) is 4.74 Å². The molecule has 0 spiro atoms. The van der Waals surface area contributed by atoms with Gasteiger partial charge in [0.25, 0.3) is 0 Å². The highest BCUT2D eigenvalue weighted by Gasteiger charge is 2.39. The van der Waals surface area contributed by atoms with Crippen LogP contribution in [0.3, 0.4) is 0 Å². The second-order valence-electron chi connectivity index (χ2n) is 7.44. The molecular weight excluding hydrogens is 316 g/mol. The van der Waals surface area contributed by atoms with Gasteiger partial charge in [-0.05, 0) is 50.7 Å². The molecule has 0 radical (unpaired) electrons. The van der Waals surface area contributed by atoms with Crippen LogP contribution in [0, 0.1) is 11.3 Å². The Labute approximate surface area is 150 Å². The molecule has 1 aromatic carbocycles. The molecule has 0 aliphatic carbocycles. The number of hydrogen-bond donors (Lipinski definition) is 1. The molecule has 1 fully saturated rings. The number of rotatable bonds is 6. The van der Waals surface area contributed by atoms with Gasteiger partial charge >= 0.3 is 0 Å². The van der Waals surface area contributed by atoms with Crippen molar-refractivity contribution in [2.75, 3.05) is 26.7 Å². The Morgan fingerprint density at radius 3 is 2.72 bits per heavy atom. The van der Waals surface area contributed by atoms with E-state index >= 15 is 0 Å². The highest BCUT2D eigenvalue weighted by Crippen LogP contribution is 2.24. The molecular formula is C20H30N2O3. The van der Waals surface area contributed by atoms with Crippen molar-refractivity contribution < 1.29 is 14.3 Å². The fourth-order valence-corrected chi connectivity index (χ4v) is 3.31. The monoisotopic (exact) mass is 346 g/mol. The Hall–Kier alpha value is -2.04. The van der Waals surface area contributed by atoms with E-state index in [0.717, 1.165) is 37.2 Å². The molecule has 138 valence electrons. The van der Waals surface area contributed by atoms with Gasteiger partial charge in [0.15, 0.2) is 0 Å². The van der Waals surface area contributed by atoms with Crippen molar-refractivity contribution in [2.24, 2.45) is 11.3 Å². The zero-order chi connectivity index (χ0) is 18.4. The lowest BCUT2D eigenvalue weighted by Crippen LogP contribution is -2.52. The lowest BCUT2D eigenvalue weighted by molar-refractivity contribution is -0.149. The number of methoxy groups -OCH3 is 1. The summed E-state index contributed by atoms with van der Waals surface area (Å²) >= 11 is 0. The van der Waals surface area contributed by atoms with Gasteiger partial charge in [-0.3, -0.25) is 9.59 Å². The summed E-state index contributed by atoms with van der Waals surface area (Å²) in [5.41, 5.74) is -0.00281. The number of nitrogens with one attached hydrogen (secondary N) is 1. The van der Waals surface area contributed by atoms with Crippen molar-refractivity contribution in [3.05, 3.63) is 29.8 Å². The van der Waals surface area contributed by atoms with E-state index in [2.05, 4.69) is 12.2 Å². The Morgan fingerprint density at radius 1 is 1.32 bits per heavy atom. The number of carbonyl (C=O) groups is 2. The van der Waals surface area contributed by atoms with Crippen LogP contribution in [0.2, 0.25) is 0 Å². The second kappa shape index (κ2) is 8.37. The third kappa shape index (κ3) is 4.74. The van der Waals surface area contributed by atoms with E-state index in [1.54, 1.807) is 21.0 Å². The minimum atomic E-state index is -1.04. The molecule has 1 atom stereocenters. The maximum absolute atomic E-state index is 12.8. The zero-order valence-electron chi connectivity index (χ0n) is 15.8. The normalized spacial score (nSPS) is 17.9. The molecule has 2 rings (SSSR count). The molecule has 25 heavy (non-hydrogen) atoms. The van der Waals surface area contributed by atoms with E-state index in [1.807, 2.05) is 29.2 Å². The SMILES string of the molecule is COc1ccccc1CCNC(=O)C(C)(C)C(=O)N1CCCC(C)C1. The molecule has 1 aliphatic heterocycles. The summed E-state index contributed by atoms with van der Waals surface area (Å²) in [5, 5.41) is 2.91. The average Bonchev–Trinajstić information content (AvgIpc) is 2.61. The predicted octanol–water partition coefficient (Wildman–Crippen LogP) is 2.64. The summed E-state index contributed by atoms with van der Waals surface area (Å²) in [5.74, 6) is 1.02. The quantitative estimate of drug-likeness (QED) is 0.806. The van der Waals surface area contributed by atoms with Gasteiger partial charge in [0.05, 0.1) is 7.11 Å². The van der Waals surface area contributed by atoms with Crippen LogP contribution in [-0.4, -0.2) is 43.5 Å². The van der Waals surface area contributed by atoms with Gasteiger partial charge in [-0.2, -0.15) is 0 Å². The average molecular weight is 346 g/mol. The maximum atomic E-state index is 12.8. The van der Waals surface area contributed by atoms with Gasteiger partial charge in [-0.25, -0.2) is 0 Å². The van der Waals surface area contributed by atoms with Gasteiger partial charge in [0, 0.05) is 19.6 Å². The fraction of sp³-hybridized carbons (Fsp3) is 0.600. The number of para-hydroxylation sites is 1. The standard InChI is InChI=1S/C20H30N2O3/c1-15-8-7-13-22(14-15)19(24)20(2,3)18(23)21-12-11-16-9-5-6-10-17(16)25-4/h5-6,9-10,15H,7-8,11-14H2,1-4H3,(H,21,23). The predicted molar refractivity (Wildman–Crippen MR) is 98.5 cm³/mol. The number of nitrogens with zero attached hydrogens (tertiary/aromatic N) is 1. The van der Waals surface area contributed by atoms with Crippen LogP contribution in [0.5, 0.6) is 5.75 Å². The van der Waals surface area contributed by atoms with Gasteiger partial charge in [-0.15, -0.1) is 0 Å². The van der Waals surface area contributed by atoms with Gasteiger partial charge in [0.2, 0.25) is 11.8 Å². The van der Waals surface area contributed by atoms with E-state index in [1.165, 1.54) is 0 Å². The summed E-state index contributed by atoms with van der Waals surface area (Å²) in [7, 11) is 1.64. The molecule has 1 N–H and O–H groups in total. The first kappa shape index (κ1) is 19.3. The van der Waals surface area contributed by atoms with Crippen LogP contribution >= 0.6 is 0 Å². The number of likely N-dealkylation sites (tertiary alicyclic amines) is 1. The van der Waals surface area contributed by atoms with E-state index in [-0.39, 0.29) is 11.8 Å². The molecule has 0 saturated carbocycles. The van der Waals surface area contributed by atoms with Crippen LogP contribution in [0.15, 0.2) is 24.3 Å². The summed E-state index contributed by atoms with van der Waals surface area (Å²) in [6.07, 6.45) is 2.83. The first-order valence-electron chi connectivity index (χ1n) is 9.05. The summed E-state index contributed by atoms with van der Waals surface area (Å²) in [6.45, 7) is 7.56. The Morgan fingerprint density at radius 2 is 2.04 bits per heavy atom. The number of amides is 2. The van der Waals surface area contributed by atoms with Gasteiger partial charge in [-0.1, -0.05) is 25.1 Å². The van der Waals surface area contributed by atoms with Gasteiger partial charge < -0.3 is 15.0 Å². The molecule has 0 bridgehead atoms. The molecule has 0 aromatic heterocycles. The van der Waals surface area contributed by atoms with Crippen molar-refractivity contribution in [1.82, 2.24) is 10.2 Å².